The highest BCUT2D eigenvalue weighted by Gasteiger charge is 2.40. The van der Waals surface area contributed by atoms with Gasteiger partial charge in [-0.25, -0.2) is 16.2 Å². The predicted molar refractivity (Wildman–Crippen MR) is 111 cm³/mol. The molecular formula is C20H34N4O7. The van der Waals surface area contributed by atoms with E-state index in [2.05, 4.69) is 4.85 Å². The molecule has 2 heterocycles. The molecular weight excluding hydrogens is 408 g/mol. The van der Waals surface area contributed by atoms with Crippen LogP contribution in [0.15, 0.2) is 0 Å². The van der Waals surface area contributed by atoms with Crippen molar-refractivity contribution in [2.24, 2.45) is 11.7 Å². The Balaban J connectivity index is 0.000000311. The first-order chi connectivity index (χ1) is 14.0. The fourth-order valence-electron chi connectivity index (χ4n) is 2.91. The molecule has 0 aromatic rings. The molecule has 4 unspecified atom stereocenters. The number of aliphatic hydroxyl groups excluding tert-OH is 2. The normalized spacial score (nSPS) is 25.9. The Morgan fingerprint density at radius 1 is 0.871 bits per heavy atom. The highest BCUT2D eigenvalue weighted by atomic mass is 16.6. The summed E-state index contributed by atoms with van der Waals surface area (Å²) in [5.74, 6) is -1.30. The van der Waals surface area contributed by atoms with Gasteiger partial charge in [-0.1, -0.05) is 0 Å². The fourth-order valence-corrected chi connectivity index (χ4v) is 2.91. The second-order valence-corrected chi connectivity index (χ2v) is 9.61. The number of ether oxygens (including phenoxy) is 2. The first-order valence-electron chi connectivity index (χ1n) is 10.0. The zero-order valence-corrected chi connectivity index (χ0v) is 19.0. The number of carbonyl (C=O) groups is 3. The van der Waals surface area contributed by atoms with Crippen molar-refractivity contribution in [2.45, 2.75) is 71.0 Å². The highest BCUT2D eigenvalue weighted by Crippen LogP contribution is 2.20. The number of aliphatic hydroxyl groups is 2. The summed E-state index contributed by atoms with van der Waals surface area (Å²) in [4.78, 5) is 40.0. The van der Waals surface area contributed by atoms with Crippen LogP contribution in [0, 0.1) is 12.5 Å². The number of likely N-dealkylation sites (tertiary alicyclic amines) is 2. The van der Waals surface area contributed by atoms with Gasteiger partial charge in [0, 0.05) is 6.54 Å². The van der Waals surface area contributed by atoms with Crippen LogP contribution in [-0.2, 0) is 14.3 Å². The summed E-state index contributed by atoms with van der Waals surface area (Å²) >= 11 is 0. The van der Waals surface area contributed by atoms with Crippen LogP contribution >= 0.6 is 0 Å². The van der Waals surface area contributed by atoms with Gasteiger partial charge >= 0.3 is 12.2 Å². The highest BCUT2D eigenvalue weighted by molar-refractivity contribution is 5.79. The lowest BCUT2D eigenvalue weighted by Crippen LogP contribution is -2.36. The van der Waals surface area contributed by atoms with Crippen LogP contribution in [-0.4, -0.2) is 93.7 Å². The lowest BCUT2D eigenvalue weighted by Gasteiger charge is -2.24. The molecule has 4 N–H and O–H groups in total. The van der Waals surface area contributed by atoms with Crippen LogP contribution in [0.1, 0.15) is 41.5 Å². The number of nitrogens with two attached hydrogens (primary N) is 1. The zero-order valence-electron chi connectivity index (χ0n) is 19.0. The predicted octanol–water partition coefficient (Wildman–Crippen LogP) is 0.585. The number of hydrogen-bond acceptors (Lipinski definition) is 7. The third-order valence-electron chi connectivity index (χ3n) is 4.38. The van der Waals surface area contributed by atoms with Crippen LogP contribution in [0.3, 0.4) is 0 Å². The van der Waals surface area contributed by atoms with Crippen LogP contribution in [0.25, 0.3) is 4.85 Å². The van der Waals surface area contributed by atoms with E-state index >= 15 is 0 Å². The molecule has 0 bridgehead atoms. The van der Waals surface area contributed by atoms with Crippen molar-refractivity contribution in [1.29, 1.82) is 0 Å². The van der Waals surface area contributed by atoms with E-state index in [1.165, 1.54) is 9.80 Å². The molecule has 0 aromatic carbocycles. The average molecular weight is 443 g/mol. The monoisotopic (exact) mass is 442 g/mol. The Labute approximate surface area is 182 Å². The van der Waals surface area contributed by atoms with Gasteiger partial charge in [-0.15, -0.1) is 0 Å². The molecule has 0 aliphatic carbocycles. The second kappa shape index (κ2) is 10.2. The van der Waals surface area contributed by atoms with Crippen molar-refractivity contribution in [3.63, 3.8) is 0 Å². The van der Waals surface area contributed by atoms with E-state index in [-0.39, 0.29) is 26.2 Å². The quantitative estimate of drug-likeness (QED) is 0.503. The van der Waals surface area contributed by atoms with Gasteiger partial charge in [-0.05, 0) is 41.5 Å². The minimum atomic E-state index is -0.898. The molecule has 11 heteroatoms. The molecule has 3 amide bonds. The smallest absolute Gasteiger partial charge is 0.410 e. The lowest BCUT2D eigenvalue weighted by molar-refractivity contribution is -0.123. The van der Waals surface area contributed by atoms with Gasteiger partial charge in [0.25, 0.3) is 6.04 Å². The number of hydrogen-bond donors (Lipinski definition) is 3. The maximum absolute atomic E-state index is 11.6. The molecule has 0 spiro atoms. The largest absolute Gasteiger partial charge is 0.444 e. The molecule has 31 heavy (non-hydrogen) atoms. The first kappa shape index (κ1) is 26.5. The Morgan fingerprint density at radius 3 is 1.61 bits per heavy atom. The number of carbonyl (C=O) groups excluding carboxylic acids is 3. The zero-order chi connectivity index (χ0) is 24.1. The number of amides is 3. The van der Waals surface area contributed by atoms with E-state index in [1.807, 2.05) is 0 Å². The molecule has 2 saturated heterocycles. The maximum atomic E-state index is 11.6. The number of β-amino-alcohol motifs (C(OH)–C–C–N with tert-alkyl or cyclic N) is 2. The number of rotatable bonds is 1. The van der Waals surface area contributed by atoms with Crippen molar-refractivity contribution < 1.29 is 34.1 Å². The standard InChI is InChI=1S/C10H18N2O4.C10H16N2O3/c1-10(2,3)16-9(15)12-4-6(8(11)14)7(13)5-12;1-10(2,3)15-9(14)12-5-7(11-4)8(13)6-12/h6-7,13H,4-5H2,1-3H3,(H2,11,14);7-8,13H,5-6H2,1-3H3. The van der Waals surface area contributed by atoms with Crippen molar-refractivity contribution in [2.75, 3.05) is 26.2 Å². The van der Waals surface area contributed by atoms with Gasteiger partial charge in [-0.3, -0.25) is 9.69 Å². The fraction of sp³-hybridized carbons (Fsp3) is 0.800. The van der Waals surface area contributed by atoms with Crippen molar-refractivity contribution in [1.82, 2.24) is 9.80 Å². The van der Waals surface area contributed by atoms with E-state index in [4.69, 9.17) is 21.8 Å². The van der Waals surface area contributed by atoms with Crippen molar-refractivity contribution in [3.05, 3.63) is 11.4 Å². The lowest BCUT2D eigenvalue weighted by atomic mass is 10.1. The first-order valence-corrected chi connectivity index (χ1v) is 10.0. The van der Waals surface area contributed by atoms with E-state index in [0.29, 0.717) is 0 Å². The van der Waals surface area contributed by atoms with Gasteiger partial charge in [0.15, 0.2) is 0 Å². The Hall–Kier alpha value is -2.58. The van der Waals surface area contributed by atoms with E-state index in [0.717, 1.165) is 0 Å². The van der Waals surface area contributed by atoms with Gasteiger partial charge in [-0.2, -0.15) is 0 Å². The summed E-state index contributed by atoms with van der Waals surface area (Å²) in [5, 5.41) is 19.0. The minimum Gasteiger partial charge on any atom is -0.444 e. The molecule has 0 aromatic heterocycles. The second-order valence-electron chi connectivity index (χ2n) is 9.61. The topological polar surface area (TPSA) is 147 Å². The number of nitrogens with zero attached hydrogens (tertiary/aromatic N) is 3. The molecule has 2 fully saturated rings. The summed E-state index contributed by atoms with van der Waals surface area (Å²) in [6.07, 6.45) is -2.65. The molecule has 0 saturated carbocycles. The molecule has 4 atom stereocenters. The average Bonchev–Trinajstić information content (AvgIpc) is 3.15. The van der Waals surface area contributed by atoms with Gasteiger partial charge in [0.05, 0.1) is 25.1 Å². The van der Waals surface area contributed by atoms with Crippen LogP contribution < -0.4 is 5.73 Å². The van der Waals surface area contributed by atoms with Crippen molar-refractivity contribution >= 4 is 18.1 Å². The van der Waals surface area contributed by atoms with E-state index in [1.54, 1.807) is 41.5 Å². The van der Waals surface area contributed by atoms with Gasteiger partial charge in [0.2, 0.25) is 5.91 Å². The molecule has 2 aliphatic heterocycles. The summed E-state index contributed by atoms with van der Waals surface area (Å²) in [5.41, 5.74) is 3.97. The summed E-state index contributed by atoms with van der Waals surface area (Å²) in [7, 11) is 0. The van der Waals surface area contributed by atoms with Gasteiger partial charge in [0.1, 0.15) is 23.9 Å². The molecule has 2 aliphatic rings. The third kappa shape index (κ3) is 8.59. The Morgan fingerprint density at radius 2 is 1.29 bits per heavy atom. The maximum Gasteiger partial charge on any atom is 0.410 e. The van der Waals surface area contributed by atoms with Crippen LogP contribution in [0.4, 0.5) is 9.59 Å². The summed E-state index contributed by atoms with van der Waals surface area (Å²) in [6, 6.07) is -0.516. The molecule has 11 nitrogen and oxygen atoms in total. The minimum absolute atomic E-state index is 0.0858. The molecule has 0 radical (unpaired) electrons. The Kier molecular flexibility index (Phi) is 8.66. The number of primary amides is 1. The van der Waals surface area contributed by atoms with Crippen molar-refractivity contribution in [3.8, 4) is 0 Å². The van der Waals surface area contributed by atoms with E-state index in [9.17, 15) is 24.6 Å². The summed E-state index contributed by atoms with van der Waals surface area (Å²) in [6.45, 7) is 18.1. The van der Waals surface area contributed by atoms with Gasteiger partial charge < -0.3 is 35.2 Å². The SMILES string of the molecule is CC(C)(C)OC(=O)N1CC(O)C(C(N)=O)C1.[C-]#[N+]C1CN(C(=O)OC(C)(C)C)CC1O. The third-order valence-corrected chi connectivity index (χ3v) is 4.38. The van der Waals surface area contributed by atoms with Crippen LogP contribution in [0.2, 0.25) is 0 Å². The summed E-state index contributed by atoms with van der Waals surface area (Å²) < 4.78 is 10.3. The Bertz CT molecular complexity index is 708. The van der Waals surface area contributed by atoms with E-state index < -0.39 is 53.5 Å². The molecule has 176 valence electrons. The van der Waals surface area contributed by atoms with Crippen LogP contribution in [0.5, 0.6) is 0 Å². The molecule has 2 rings (SSSR count).